The third kappa shape index (κ3) is 3.46. The molecule has 0 amide bonds. The highest BCUT2D eigenvalue weighted by Crippen LogP contribution is 2.27. The van der Waals surface area contributed by atoms with Crippen molar-refractivity contribution in [2.24, 2.45) is 5.73 Å². The number of halogens is 3. The maximum atomic E-state index is 12.3. The van der Waals surface area contributed by atoms with Crippen molar-refractivity contribution in [3.05, 3.63) is 0 Å². The highest BCUT2D eigenvalue weighted by Gasteiger charge is 2.41. The molecular formula is C9H16F3NO. The van der Waals surface area contributed by atoms with Crippen molar-refractivity contribution in [3.8, 4) is 0 Å². The van der Waals surface area contributed by atoms with Crippen molar-refractivity contribution in [3.63, 3.8) is 0 Å². The highest BCUT2D eigenvalue weighted by atomic mass is 19.4. The fourth-order valence-electron chi connectivity index (χ4n) is 1.70. The molecule has 0 aromatic heterocycles. The van der Waals surface area contributed by atoms with Crippen LogP contribution >= 0.6 is 0 Å². The number of hydrogen-bond acceptors (Lipinski definition) is 2. The normalized spacial score (nSPS) is 22.3. The highest BCUT2D eigenvalue weighted by molar-refractivity contribution is 4.73. The Kier molecular flexibility index (Phi) is 4.19. The van der Waals surface area contributed by atoms with Gasteiger partial charge in [-0.2, -0.15) is 13.2 Å². The predicted molar refractivity (Wildman–Crippen MR) is 46.9 cm³/mol. The van der Waals surface area contributed by atoms with E-state index in [1.165, 1.54) is 0 Å². The third-order valence-electron chi connectivity index (χ3n) is 2.49. The molecule has 0 spiro atoms. The van der Waals surface area contributed by atoms with Crippen molar-refractivity contribution < 1.29 is 17.9 Å². The molecule has 0 aromatic rings. The van der Waals surface area contributed by atoms with Gasteiger partial charge < -0.3 is 10.5 Å². The van der Waals surface area contributed by atoms with Crippen molar-refractivity contribution in [1.29, 1.82) is 0 Å². The Labute approximate surface area is 81.6 Å². The van der Waals surface area contributed by atoms with E-state index in [1.807, 2.05) is 0 Å². The second-order valence-corrected chi connectivity index (χ2v) is 3.66. The fraction of sp³-hybridized carbons (Fsp3) is 1.00. The smallest absolute Gasteiger partial charge is 0.364 e. The minimum atomic E-state index is -4.33. The Hall–Kier alpha value is -0.290. The van der Waals surface area contributed by atoms with Crippen LogP contribution in [0.3, 0.4) is 0 Å². The van der Waals surface area contributed by atoms with Gasteiger partial charge in [-0.15, -0.1) is 0 Å². The quantitative estimate of drug-likeness (QED) is 0.776. The van der Waals surface area contributed by atoms with Gasteiger partial charge in [0, 0.05) is 6.54 Å². The molecule has 84 valence electrons. The molecule has 0 saturated heterocycles. The van der Waals surface area contributed by atoms with Gasteiger partial charge in [0.15, 0.2) is 6.10 Å². The van der Waals surface area contributed by atoms with Crippen LogP contribution in [0.15, 0.2) is 0 Å². The van der Waals surface area contributed by atoms with Gasteiger partial charge in [0.25, 0.3) is 0 Å². The standard InChI is InChI=1S/C9H16F3NO/c10-9(11,12)8(6-13)14-7-4-2-1-3-5-7/h7-8H,1-6,13H2. The molecule has 1 aliphatic carbocycles. The molecule has 14 heavy (non-hydrogen) atoms. The molecule has 2 nitrogen and oxygen atoms in total. The monoisotopic (exact) mass is 211 g/mol. The molecule has 0 bridgehead atoms. The van der Waals surface area contributed by atoms with E-state index in [-0.39, 0.29) is 6.10 Å². The number of hydrogen-bond donors (Lipinski definition) is 1. The Morgan fingerprint density at radius 1 is 1.21 bits per heavy atom. The number of rotatable bonds is 3. The molecule has 0 aliphatic heterocycles. The molecule has 1 aliphatic rings. The predicted octanol–water partition coefficient (Wildman–Crippen LogP) is 2.23. The molecule has 1 saturated carbocycles. The SMILES string of the molecule is NCC(OC1CCCCC1)C(F)(F)F. The van der Waals surface area contributed by atoms with Gasteiger partial charge in [0.05, 0.1) is 6.10 Å². The van der Waals surface area contributed by atoms with Crippen LogP contribution in [0.1, 0.15) is 32.1 Å². The molecule has 2 N–H and O–H groups in total. The molecule has 1 rings (SSSR count). The second kappa shape index (κ2) is 4.98. The number of ether oxygens (including phenoxy) is 1. The van der Waals surface area contributed by atoms with Gasteiger partial charge in [-0.1, -0.05) is 19.3 Å². The first-order valence-corrected chi connectivity index (χ1v) is 4.96. The largest absolute Gasteiger partial charge is 0.415 e. The summed E-state index contributed by atoms with van der Waals surface area (Å²) in [5, 5.41) is 0. The lowest BCUT2D eigenvalue weighted by molar-refractivity contribution is -0.231. The van der Waals surface area contributed by atoms with E-state index in [1.54, 1.807) is 0 Å². The van der Waals surface area contributed by atoms with Crippen molar-refractivity contribution in [2.45, 2.75) is 50.5 Å². The Morgan fingerprint density at radius 3 is 2.21 bits per heavy atom. The topological polar surface area (TPSA) is 35.2 Å². The third-order valence-corrected chi connectivity index (χ3v) is 2.49. The molecule has 1 unspecified atom stereocenters. The minimum Gasteiger partial charge on any atom is -0.364 e. The first kappa shape index (κ1) is 11.8. The van der Waals surface area contributed by atoms with E-state index >= 15 is 0 Å². The first-order valence-electron chi connectivity index (χ1n) is 4.96. The van der Waals surface area contributed by atoms with Crippen LogP contribution in [0.4, 0.5) is 13.2 Å². The zero-order valence-electron chi connectivity index (χ0n) is 8.02. The van der Waals surface area contributed by atoms with Crippen LogP contribution < -0.4 is 5.73 Å². The molecule has 0 radical (unpaired) electrons. The summed E-state index contributed by atoms with van der Waals surface area (Å²) in [5.74, 6) is 0. The molecule has 0 aromatic carbocycles. The lowest BCUT2D eigenvalue weighted by atomic mass is 9.97. The maximum Gasteiger partial charge on any atom is 0.415 e. The average molecular weight is 211 g/mol. The van der Waals surface area contributed by atoms with Gasteiger partial charge in [-0.3, -0.25) is 0 Å². The van der Waals surface area contributed by atoms with Crippen molar-refractivity contribution in [1.82, 2.24) is 0 Å². The van der Waals surface area contributed by atoms with E-state index in [2.05, 4.69) is 0 Å². The zero-order valence-corrected chi connectivity index (χ0v) is 8.02. The van der Waals surface area contributed by atoms with Gasteiger partial charge in [-0.25, -0.2) is 0 Å². The summed E-state index contributed by atoms with van der Waals surface area (Å²) in [7, 11) is 0. The Balaban J connectivity index is 2.39. The van der Waals surface area contributed by atoms with Gasteiger partial charge in [-0.05, 0) is 12.8 Å². The molecule has 1 atom stereocenters. The van der Waals surface area contributed by atoms with Crippen LogP contribution in [-0.4, -0.2) is 24.9 Å². The van der Waals surface area contributed by atoms with Gasteiger partial charge in [0.1, 0.15) is 0 Å². The summed E-state index contributed by atoms with van der Waals surface area (Å²) in [6.07, 6.45) is -1.89. The van der Waals surface area contributed by atoms with Crippen LogP contribution in [0.25, 0.3) is 0 Å². The van der Waals surface area contributed by atoms with Gasteiger partial charge >= 0.3 is 6.18 Å². The van der Waals surface area contributed by atoms with E-state index in [9.17, 15) is 13.2 Å². The molecule has 5 heteroatoms. The van der Waals surface area contributed by atoms with Crippen LogP contribution in [0, 0.1) is 0 Å². The van der Waals surface area contributed by atoms with E-state index in [0.29, 0.717) is 0 Å². The van der Waals surface area contributed by atoms with Crippen molar-refractivity contribution in [2.75, 3.05) is 6.54 Å². The molecule has 1 fully saturated rings. The summed E-state index contributed by atoms with van der Waals surface area (Å²) < 4.78 is 41.8. The van der Waals surface area contributed by atoms with Gasteiger partial charge in [0.2, 0.25) is 0 Å². The first-order chi connectivity index (χ1) is 6.54. The number of alkyl halides is 3. The average Bonchev–Trinajstić information content (AvgIpc) is 2.14. The fourth-order valence-corrected chi connectivity index (χ4v) is 1.70. The van der Waals surface area contributed by atoms with Crippen molar-refractivity contribution >= 4 is 0 Å². The summed E-state index contributed by atoms with van der Waals surface area (Å²) >= 11 is 0. The Bertz CT molecular complexity index is 166. The second-order valence-electron chi connectivity index (χ2n) is 3.66. The van der Waals surface area contributed by atoms with E-state index in [4.69, 9.17) is 10.5 Å². The maximum absolute atomic E-state index is 12.3. The van der Waals surface area contributed by atoms with Crippen LogP contribution in [0.2, 0.25) is 0 Å². The summed E-state index contributed by atoms with van der Waals surface area (Å²) in [6.45, 7) is -0.486. The minimum absolute atomic E-state index is 0.251. The van der Waals surface area contributed by atoms with E-state index < -0.39 is 18.8 Å². The Morgan fingerprint density at radius 2 is 1.79 bits per heavy atom. The lowest BCUT2D eigenvalue weighted by Crippen LogP contribution is -2.41. The molecular weight excluding hydrogens is 195 g/mol. The lowest BCUT2D eigenvalue weighted by Gasteiger charge is -2.28. The van der Waals surface area contributed by atoms with Crippen LogP contribution in [-0.2, 0) is 4.74 Å². The summed E-state index contributed by atoms with van der Waals surface area (Å²) in [6, 6.07) is 0. The van der Waals surface area contributed by atoms with E-state index in [0.717, 1.165) is 32.1 Å². The number of nitrogens with two attached hydrogens (primary N) is 1. The zero-order chi connectivity index (χ0) is 10.6. The summed E-state index contributed by atoms with van der Waals surface area (Å²) in [5.41, 5.74) is 5.03. The molecule has 0 heterocycles. The van der Waals surface area contributed by atoms with Crippen LogP contribution in [0.5, 0.6) is 0 Å². The summed E-state index contributed by atoms with van der Waals surface area (Å²) in [4.78, 5) is 0.